The van der Waals surface area contributed by atoms with Gasteiger partial charge in [-0.15, -0.1) is 11.3 Å². The highest BCUT2D eigenvalue weighted by atomic mass is 79.9. The second kappa shape index (κ2) is 7.57. The number of thiophene rings is 1. The number of aromatic nitrogens is 2. The Morgan fingerprint density at radius 3 is 2.87 bits per heavy atom. The summed E-state index contributed by atoms with van der Waals surface area (Å²) >= 11 is 5.17. The van der Waals surface area contributed by atoms with Gasteiger partial charge in [0.25, 0.3) is 0 Å². The first-order valence-electron chi connectivity index (χ1n) is 7.34. The molecule has 0 atom stereocenters. The van der Waals surface area contributed by atoms with Crippen LogP contribution in [0.4, 0.5) is 5.69 Å². The van der Waals surface area contributed by atoms with Crippen LogP contribution in [0.3, 0.4) is 0 Å². The molecule has 0 saturated heterocycles. The lowest BCUT2D eigenvalue weighted by atomic mass is 10.2. The third-order valence-corrected chi connectivity index (χ3v) is 5.10. The summed E-state index contributed by atoms with van der Waals surface area (Å²) in [5, 5.41) is 3.00. The van der Waals surface area contributed by atoms with Gasteiger partial charge in [0.15, 0.2) is 0 Å². The van der Waals surface area contributed by atoms with Gasteiger partial charge in [-0.1, -0.05) is 12.1 Å². The van der Waals surface area contributed by atoms with E-state index in [4.69, 9.17) is 0 Å². The van der Waals surface area contributed by atoms with Crippen molar-refractivity contribution in [3.63, 3.8) is 0 Å². The number of aryl methyl sites for hydroxylation is 1. The fourth-order valence-corrected chi connectivity index (χ4v) is 3.85. The zero-order chi connectivity index (χ0) is 16.1. The van der Waals surface area contributed by atoms with Gasteiger partial charge in [-0.2, -0.15) is 0 Å². The minimum absolute atomic E-state index is 0.0354. The maximum atomic E-state index is 12.2. The lowest BCUT2D eigenvalue weighted by Gasteiger charge is -2.11. The van der Waals surface area contributed by atoms with Crippen molar-refractivity contribution in [1.29, 1.82) is 0 Å². The largest absolute Gasteiger partial charge is 0.324 e. The highest BCUT2D eigenvalue weighted by molar-refractivity contribution is 9.11. The fraction of sp³-hybridized carbons (Fsp3) is 0.176. The van der Waals surface area contributed by atoms with Crippen LogP contribution in [-0.2, 0) is 11.2 Å². The molecule has 2 heterocycles. The van der Waals surface area contributed by atoms with E-state index in [-0.39, 0.29) is 5.91 Å². The van der Waals surface area contributed by atoms with Gasteiger partial charge in [-0.05, 0) is 53.0 Å². The van der Waals surface area contributed by atoms with Crippen molar-refractivity contribution in [1.82, 2.24) is 9.55 Å². The number of hydrogen-bond donors (Lipinski definition) is 1. The van der Waals surface area contributed by atoms with Gasteiger partial charge >= 0.3 is 0 Å². The zero-order valence-electron chi connectivity index (χ0n) is 12.4. The molecule has 0 saturated carbocycles. The Kier molecular flexibility index (Phi) is 5.25. The number of nitrogens with one attached hydrogen (secondary N) is 1. The lowest BCUT2D eigenvalue weighted by Crippen LogP contribution is -2.13. The molecule has 1 aromatic carbocycles. The summed E-state index contributed by atoms with van der Waals surface area (Å²) in [5.41, 5.74) is 1.72. The molecule has 118 valence electrons. The predicted molar refractivity (Wildman–Crippen MR) is 97.2 cm³/mol. The van der Waals surface area contributed by atoms with Gasteiger partial charge < -0.3 is 9.88 Å². The Bertz CT molecular complexity index is 783. The highest BCUT2D eigenvalue weighted by Gasteiger charge is 2.08. The minimum atomic E-state index is 0.0354. The van der Waals surface area contributed by atoms with E-state index >= 15 is 0 Å². The summed E-state index contributed by atoms with van der Waals surface area (Å²) < 4.78 is 3.02. The first-order chi connectivity index (χ1) is 11.2. The van der Waals surface area contributed by atoms with Gasteiger partial charge in [0, 0.05) is 23.7 Å². The maximum Gasteiger partial charge on any atom is 0.224 e. The Balaban J connectivity index is 1.58. The van der Waals surface area contributed by atoms with E-state index < -0.39 is 0 Å². The molecule has 0 aliphatic rings. The Morgan fingerprint density at radius 1 is 1.26 bits per heavy atom. The van der Waals surface area contributed by atoms with Crippen molar-refractivity contribution in [2.45, 2.75) is 19.3 Å². The van der Waals surface area contributed by atoms with Gasteiger partial charge in [0.1, 0.15) is 0 Å². The van der Waals surface area contributed by atoms with Crippen LogP contribution in [0.2, 0.25) is 0 Å². The van der Waals surface area contributed by atoms with Crippen LogP contribution < -0.4 is 5.32 Å². The van der Waals surface area contributed by atoms with Crippen LogP contribution in [-0.4, -0.2) is 15.5 Å². The molecule has 1 N–H and O–H groups in total. The summed E-state index contributed by atoms with van der Waals surface area (Å²) in [6, 6.07) is 11.9. The van der Waals surface area contributed by atoms with Crippen molar-refractivity contribution in [3.05, 3.63) is 63.8 Å². The van der Waals surface area contributed by atoms with Crippen molar-refractivity contribution in [3.8, 4) is 5.69 Å². The van der Waals surface area contributed by atoms with Crippen LogP contribution >= 0.6 is 27.3 Å². The summed E-state index contributed by atoms with van der Waals surface area (Å²) in [5.74, 6) is 0.0354. The van der Waals surface area contributed by atoms with Crippen LogP contribution in [0.1, 0.15) is 17.7 Å². The van der Waals surface area contributed by atoms with E-state index in [0.717, 1.165) is 28.0 Å². The first-order valence-corrected chi connectivity index (χ1v) is 8.95. The Hall–Kier alpha value is -1.92. The summed E-state index contributed by atoms with van der Waals surface area (Å²) in [6.45, 7) is 0. The third-order valence-electron chi connectivity index (χ3n) is 3.42. The van der Waals surface area contributed by atoms with Gasteiger partial charge in [-0.3, -0.25) is 4.79 Å². The maximum absolute atomic E-state index is 12.2. The number of nitrogens with zero attached hydrogens (tertiary/aromatic N) is 2. The Morgan fingerprint density at radius 2 is 2.13 bits per heavy atom. The highest BCUT2D eigenvalue weighted by Crippen LogP contribution is 2.24. The molecule has 1 amide bonds. The van der Waals surface area contributed by atoms with Crippen LogP contribution in [0.15, 0.2) is 58.9 Å². The van der Waals surface area contributed by atoms with E-state index in [1.165, 1.54) is 4.88 Å². The smallest absolute Gasteiger partial charge is 0.224 e. The molecule has 23 heavy (non-hydrogen) atoms. The van der Waals surface area contributed by atoms with Crippen molar-refractivity contribution < 1.29 is 4.79 Å². The topological polar surface area (TPSA) is 46.9 Å². The number of anilines is 1. The second-order valence-electron chi connectivity index (χ2n) is 5.09. The standard InChI is InChI=1S/C17H16BrN3OS/c18-16-9-8-13(23-16)4-3-7-17(22)20-14-5-1-2-6-15(14)21-11-10-19-12-21/h1-2,5-6,8-12H,3-4,7H2,(H,20,22). The predicted octanol–water partition coefficient (Wildman–Crippen LogP) is 4.66. The molecule has 0 aliphatic heterocycles. The number of halogens is 1. The van der Waals surface area contributed by atoms with Crippen LogP contribution in [0.25, 0.3) is 5.69 Å². The average Bonchev–Trinajstić information content (AvgIpc) is 3.20. The number of carbonyl (C=O) groups is 1. The molecule has 0 bridgehead atoms. The molecule has 0 unspecified atom stereocenters. The molecule has 3 rings (SSSR count). The number of amides is 1. The minimum Gasteiger partial charge on any atom is -0.324 e. The molecule has 0 radical (unpaired) electrons. The summed E-state index contributed by atoms with van der Waals surface area (Å²) in [6.07, 6.45) is 7.57. The number of hydrogen-bond acceptors (Lipinski definition) is 3. The SMILES string of the molecule is O=C(CCCc1ccc(Br)s1)Nc1ccccc1-n1ccnc1. The molecule has 0 fully saturated rings. The zero-order valence-corrected chi connectivity index (χ0v) is 14.8. The molecule has 0 aliphatic carbocycles. The number of carbonyl (C=O) groups excluding carboxylic acids is 1. The van der Waals surface area contributed by atoms with E-state index in [1.807, 2.05) is 41.1 Å². The second-order valence-corrected chi connectivity index (χ2v) is 7.64. The van der Waals surface area contributed by atoms with Crippen LogP contribution in [0.5, 0.6) is 0 Å². The van der Waals surface area contributed by atoms with Crippen molar-refractivity contribution >= 4 is 38.9 Å². The summed E-state index contributed by atoms with van der Waals surface area (Å²) in [7, 11) is 0. The molecule has 4 nitrogen and oxygen atoms in total. The molecule has 6 heteroatoms. The van der Waals surface area contributed by atoms with E-state index in [0.29, 0.717) is 6.42 Å². The summed E-state index contributed by atoms with van der Waals surface area (Å²) in [4.78, 5) is 17.5. The average molecular weight is 390 g/mol. The Labute approximate surface area is 147 Å². The van der Waals surface area contributed by atoms with Crippen molar-refractivity contribution in [2.75, 3.05) is 5.32 Å². The van der Waals surface area contributed by atoms with Gasteiger partial charge in [0.2, 0.25) is 5.91 Å². The monoisotopic (exact) mass is 389 g/mol. The number of para-hydroxylation sites is 2. The normalized spacial score (nSPS) is 10.7. The first kappa shape index (κ1) is 16.0. The fourth-order valence-electron chi connectivity index (χ4n) is 2.33. The quantitative estimate of drug-likeness (QED) is 0.666. The number of benzene rings is 1. The third kappa shape index (κ3) is 4.30. The van der Waals surface area contributed by atoms with E-state index in [9.17, 15) is 4.79 Å². The number of rotatable bonds is 6. The molecular weight excluding hydrogens is 374 g/mol. The molecule has 3 aromatic rings. The van der Waals surface area contributed by atoms with Gasteiger partial charge in [0.05, 0.1) is 21.5 Å². The van der Waals surface area contributed by atoms with Gasteiger partial charge in [-0.25, -0.2) is 4.98 Å². The molecule has 0 spiro atoms. The van der Waals surface area contributed by atoms with Crippen molar-refractivity contribution in [2.24, 2.45) is 0 Å². The van der Waals surface area contributed by atoms with E-state index in [1.54, 1.807) is 23.9 Å². The molecular formula is C17H16BrN3OS. The van der Waals surface area contributed by atoms with E-state index in [2.05, 4.69) is 32.3 Å². The lowest BCUT2D eigenvalue weighted by molar-refractivity contribution is -0.116. The van der Waals surface area contributed by atoms with Crippen LogP contribution in [0, 0.1) is 0 Å². The number of imidazole rings is 1. The molecule has 2 aromatic heterocycles.